The van der Waals surface area contributed by atoms with Crippen LogP contribution in [0.15, 0.2) is 24.3 Å². The van der Waals surface area contributed by atoms with Gasteiger partial charge in [0, 0.05) is 18.2 Å². The SMILES string of the molecule is COc1ccccc1C(CN)N1CCCCCC1C. The van der Waals surface area contributed by atoms with Crippen LogP contribution in [0.5, 0.6) is 5.75 Å². The Morgan fingerprint density at radius 2 is 2.11 bits per heavy atom. The largest absolute Gasteiger partial charge is 0.496 e. The Labute approximate surface area is 116 Å². The highest BCUT2D eigenvalue weighted by Gasteiger charge is 2.26. The van der Waals surface area contributed by atoms with Crippen LogP contribution < -0.4 is 10.5 Å². The van der Waals surface area contributed by atoms with Crippen LogP contribution in [0.3, 0.4) is 0 Å². The van der Waals surface area contributed by atoms with Gasteiger partial charge < -0.3 is 10.5 Å². The number of likely N-dealkylation sites (tertiary alicyclic amines) is 1. The van der Waals surface area contributed by atoms with Gasteiger partial charge in [-0.05, 0) is 32.4 Å². The molecule has 0 radical (unpaired) electrons. The van der Waals surface area contributed by atoms with Gasteiger partial charge in [-0.3, -0.25) is 4.90 Å². The first-order valence-corrected chi connectivity index (χ1v) is 7.36. The molecule has 0 amide bonds. The summed E-state index contributed by atoms with van der Waals surface area (Å²) in [5, 5.41) is 0. The summed E-state index contributed by atoms with van der Waals surface area (Å²) >= 11 is 0. The van der Waals surface area contributed by atoms with E-state index in [9.17, 15) is 0 Å². The predicted molar refractivity (Wildman–Crippen MR) is 79.4 cm³/mol. The van der Waals surface area contributed by atoms with Crippen LogP contribution >= 0.6 is 0 Å². The molecule has 3 heteroatoms. The molecule has 1 saturated heterocycles. The Morgan fingerprint density at radius 1 is 1.32 bits per heavy atom. The number of methoxy groups -OCH3 is 1. The summed E-state index contributed by atoms with van der Waals surface area (Å²) in [7, 11) is 1.73. The lowest BCUT2D eigenvalue weighted by Gasteiger charge is -2.35. The predicted octanol–water partition coefficient (Wildman–Crippen LogP) is 2.96. The van der Waals surface area contributed by atoms with E-state index in [0.29, 0.717) is 12.6 Å². The summed E-state index contributed by atoms with van der Waals surface area (Å²) in [4.78, 5) is 2.56. The Hall–Kier alpha value is -1.06. The Morgan fingerprint density at radius 3 is 2.84 bits per heavy atom. The van der Waals surface area contributed by atoms with E-state index >= 15 is 0 Å². The number of ether oxygens (including phenoxy) is 1. The molecule has 0 spiro atoms. The topological polar surface area (TPSA) is 38.5 Å². The molecular formula is C16H26N2O. The van der Waals surface area contributed by atoms with Crippen molar-refractivity contribution >= 4 is 0 Å². The Kier molecular flexibility index (Phi) is 5.23. The van der Waals surface area contributed by atoms with Crippen LogP contribution in [0, 0.1) is 0 Å². The Bertz CT molecular complexity index is 394. The van der Waals surface area contributed by atoms with Crippen molar-refractivity contribution in [1.29, 1.82) is 0 Å². The molecule has 2 atom stereocenters. The minimum Gasteiger partial charge on any atom is -0.496 e. The minimum absolute atomic E-state index is 0.268. The lowest BCUT2D eigenvalue weighted by atomic mass is 10.0. The summed E-state index contributed by atoms with van der Waals surface area (Å²) in [5.74, 6) is 0.953. The molecule has 1 aromatic rings. The van der Waals surface area contributed by atoms with Crippen LogP contribution in [0.2, 0.25) is 0 Å². The molecule has 1 aliphatic rings. The molecule has 3 nitrogen and oxygen atoms in total. The maximum atomic E-state index is 6.08. The molecule has 19 heavy (non-hydrogen) atoms. The lowest BCUT2D eigenvalue weighted by Crippen LogP contribution is -2.39. The van der Waals surface area contributed by atoms with Crippen LogP contribution in [0.1, 0.15) is 44.2 Å². The number of hydrogen-bond donors (Lipinski definition) is 1. The van der Waals surface area contributed by atoms with Gasteiger partial charge >= 0.3 is 0 Å². The average molecular weight is 262 g/mol. The van der Waals surface area contributed by atoms with Crippen molar-refractivity contribution in [3.63, 3.8) is 0 Å². The Balaban J connectivity index is 2.27. The first kappa shape index (κ1) is 14.4. The van der Waals surface area contributed by atoms with Crippen molar-refractivity contribution in [2.75, 3.05) is 20.2 Å². The van der Waals surface area contributed by atoms with Crippen LogP contribution in [0.25, 0.3) is 0 Å². The smallest absolute Gasteiger partial charge is 0.123 e. The van der Waals surface area contributed by atoms with Gasteiger partial charge in [0.1, 0.15) is 5.75 Å². The monoisotopic (exact) mass is 262 g/mol. The fourth-order valence-corrected chi connectivity index (χ4v) is 3.14. The molecule has 0 bridgehead atoms. The number of para-hydroxylation sites is 1. The van der Waals surface area contributed by atoms with Gasteiger partial charge in [-0.2, -0.15) is 0 Å². The molecule has 2 rings (SSSR count). The van der Waals surface area contributed by atoms with Gasteiger partial charge in [0.05, 0.1) is 13.2 Å². The lowest BCUT2D eigenvalue weighted by molar-refractivity contribution is 0.148. The van der Waals surface area contributed by atoms with Gasteiger partial charge in [-0.25, -0.2) is 0 Å². The zero-order valence-corrected chi connectivity index (χ0v) is 12.1. The van der Waals surface area contributed by atoms with Gasteiger partial charge in [0.2, 0.25) is 0 Å². The molecule has 1 fully saturated rings. The molecule has 1 aliphatic heterocycles. The van der Waals surface area contributed by atoms with E-state index in [1.165, 1.54) is 31.2 Å². The number of rotatable bonds is 4. The minimum atomic E-state index is 0.268. The van der Waals surface area contributed by atoms with Crippen molar-refractivity contribution < 1.29 is 4.74 Å². The second kappa shape index (κ2) is 6.92. The number of nitrogens with zero attached hydrogens (tertiary/aromatic N) is 1. The van der Waals surface area contributed by atoms with E-state index in [1.807, 2.05) is 12.1 Å². The van der Waals surface area contributed by atoms with Crippen molar-refractivity contribution in [2.45, 2.75) is 44.7 Å². The highest BCUT2D eigenvalue weighted by Crippen LogP contribution is 2.32. The molecule has 2 N–H and O–H groups in total. The first-order valence-electron chi connectivity index (χ1n) is 7.36. The highest BCUT2D eigenvalue weighted by atomic mass is 16.5. The third kappa shape index (κ3) is 3.28. The standard InChI is InChI=1S/C16H26N2O/c1-13-8-4-3-7-11-18(13)15(12-17)14-9-5-6-10-16(14)19-2/h5-6,9-10,13,15H,3-4,7-8,11-12,17H2,1-2H3. The molecule has 1 aromatic carbocycles. The molecule has 0 aliphatic carbocycles. The number of hydrogen-bond acceptors (Lipinski definition) is 3. The fraction of sp³-hybridized carbons (Fsp3) is 0.625. The van der Waals surface area contributed by atoms with E-state index in [-0.39, 0.29) is 6.04 Å². The summed E-state index contributed by atoms with van der Waals surface area (Å²) in [6.45, 7) is 4.11. The van der Waals surface area contributed by atoms with Crippen LogP contribution in [0.4, 0.5) is 0 Å². The van der Waals surface area contributed by atoms with E-state index in [0.717, 1.165) is 12.3 Å². The molecule has 0 aromatic heterocycles. The fourth-order valence-electron chi connectivity index (χ4n) is 3.14. The average Bonchev–Trinajstić information content (AvgIpc) is 2.66. The summed E-state index contributed by atoms with van der Waals surface area (Å²) < 4.78 is 5.50. The van der Waals surface area contributed by atoms with E-state index in [2.05, 4.69) is 24.0 Å². The summed E-state index contributed by atoms with van der Waals surface area (Å²) in [5.41, 5.74) is 7.30. The van der Waals surface area contributed by atoms with E-state index in [4.69, 9.17) is 10.5 Å². The molecule has 106 valence electrons. The zero-order valence-electron chi connectivity index (χ0n) is 12.1. The maximum absolute atomic E-state index is 6.08. The van der Waals surface area contributed by atoms with Gasteiger partial charge in [0.25, 0.3) is 0 Å². The molecule has 0 saturated carbocycles. The van der Waals surface area contributed by atoms with Gasteiger partial charge in [0.15, 0.2) is 0 Å². The van der Waals surface area contributed by atoms with Crippen LogP contribution in [-0.4, -0.2) is 31.1 Å². The van der Waals surface area contributed by atoms with Crippen LogP contribution in [-0.2, 0) is 0 Å². The van der Waals surface area contributed by atoms with Crippen molar-refractivity contribution in [3.05, 3.63) is 29.8 Å². The third-order valence-corrected chi connectivity index (χ3v) is 4.23. The summed E-state index contributed by atoms with van der Waals surface area (Å²) in [6, 6.07) is 9.13. The van der Waals surface area contributed by atoms with Gasteiger partial charge in [-0.15, -0.1) is 0 Å². The third-order valence-electron chi connectivity index (χ3n) is 4.23. The first-order chi connectivity index (χ1) is 9.27. The maximum Gasteiger partial charge on any atom is 0.123 e. The zero-order chi connectivity index (χ0) is 13.7. The quantitative estimate of drug-likeness (QED) is 0.906. The highest BCUT2D eigenvalue weighted by molar-refractivity contribution is 5.36. The van der Waals surface area contributed by atoms with Gasteiger partial charge in [-0.1, -0.05) is 31.0 Å². The number of nitrogens with two attached hydrogens (primary N) is 1. The summed E-state index contributed by atoms with van der Waals surface area (Å²) in [6.07, 6.45) is 5.21. The van der Waals surface area contributed by atoms with Crippen molar-refractivity contribution in [2.24, 2.45) is 5.73 Å². The van der Waals surface area contributed by atoms with E-state index < -0.39 is 0 Å². The second-order valence-electron chi connectivity index (χ2n) is 5.43. The van der Waals surface area contributed by atoms with Crippen molar-refractivity contribution in [1.82, 2.24) is 4.90 Å². The van der Waals surface area contributed by atoms with Crippen molar-refractivity contribution in [3.8, 4) is 5.75 Å². The number of benzene rings is 1. The molecule has 1 heterocycles. The second-order valence-corrected chi connectivity index (χ2v) is 5.43. The molecule has 2 unspecified atom stereocenters. The normalized spacial score (nSPS) is 22.8. The van der Waals surface area contributed by atoms with E-state index in [1.54, 1.807) is 7.11 Å². The molecular weight excluding hydrogens is 236 g/mol.